The lowest BCUT2D eigenvalue weighted by atomic mass is 10.2. The van der Waals surface area contributed by atoms with Crippen LogP contribution < -0.4 is 4.90 Å². The van der Waals surface area contributed by atoms with Gasteiger partial charge in [0.15, 0.2) is 0 Å². The molecule has 3 aromatic rings. The van der Waals surface area contributed by atoms with Crippen molar-refractivity contribution >= 4 is 34.5 Å². The van der Waals surface area contributed by atoms with E-state index in [9.17, 15) is 9.18 Å². The molecule has 0 atom stereocenters. The molecule has 1 aliphatic rings. The zero-order valence-electron chi connectivity index (χ0n) is 14.6. The fraction of sp³-hybridized carbons (Fsp3) is 0.190. The molecule has 4 rings (SSSR count). The average molecular weight is 401 g/mol. The van der Waals surface area contributed by atoms with Crippen molar-refractivity contribution in [2.24, 2.45) is 0 Å². The predicted molar refractivity (Wildman–Crippen MR) is 109 cm³/mol. The normalized spacial score (nSPS) is 14.4. The van der Waals surface area contributed by atoms with Crippen LogP contribution in [-0.2, 0) is 0 Å². The van der Waals surface area contributed by atoms with E-state index in [1.54, 1.807) is 12.1 Å². The van der Waals surface area contributed by atoms with E-state index in [4.69, 9.17) is 11.6 Å². The maximum absolute atomic E-state index is 13.1. The lowest BCUT2D eigenvalue weighted by Crippen LogP contribution is -2.48. The minimum atomic E-state index is -0.260. The molecular weight excluding hydrogens is 383 g/mol. The molecule has 0 spiro atoms. The van der Waals surface area contributed by atoms with Crippen molar-refractivity contribution in [1.29, 1.82) is 0 Å². The Morgan fingerprint density at radius 2 is 1.70 bits per heavy atom. The van der Waals surface area contributed by atoms with E-state index in [2.05, 4.69) is 4.90 Å². The molecular formula is C21H18ClFN2OS. The molecule has 1 saturated heterocycles. The first-order valence-corrected chi connectivity index (χ1v) is 9.95. The molecule has 1 fully saturated rings. The highest BCUT2D eigenvalue weighted by molar-refractivity contribution is 7.17. The topological polar surface area (TPSA) is 23.6 Å². The van der Waals surface area contributed by atoms with Gasteiger partial charge < -0.3 is 9.80 Å². The number of hydrogen-bond donors (Lipinski definition) is 0. The molecule has 0 saturated carbocycles. The lowest BCUT2D eigenvalue weighted by Gasteiger charge is -2.36. The molecule has 0 N–H and O–H groups in total. The summed E-state index contributed by atoms with van der Waals surface area (Å²) in [5, 5.41) is 0.720. The summed E-state index contributed by atoms with van der Waals surface area (Å²) >= 11 is 7.52. The van der Waals surface area contributed by atoms with E-state index in [0.717, 1.165) is 34.2 Å². The third kappa shape index (κ3) is 3.99. The van der Waals surface area contributed by atoms with Gasteiger partial charge in [-0.15, -0.1) is 11.3 Å². The molecule has 0 aliphatic carbocycles. The van der Waals surface area contributed by atoms with Crippen molar-refractivity contribution in [3.63, 3.8) is 0 Å². The zero-order valence-corrected chi connectivity index (χ0v) is 16.1. The molecule has 1 aliphatic heterocycles. The van der Waals surface area contributed by atoms with Crippen LogP contribution in [0.1, 0.15) is 9.67 Å². The summed E-state index contributed by atoms with van der Waals surface area (Å²) in [6, 6.07) is 17.9. The van der Waals surface area contributed by atoms with Crippen LogP contribution in [0.5, 0.6) is 0 Å². The maximum Gasteiger partial charge on any atom is 0.264 e. The third-order valence-corrected chi connectivity index (χ3v) is 6.04. The molecule has 3 nitrogen and oxygen atoms in total. The molecule has 1 amide bonds. The highest BCUT2D eigenvalue weighted by Crippen LogP contribution is 2.29. The van der Waals surface area contributed by atoms with Crippen molar-refractivity contribution in [3.8, 4) is 10.4 Å². The van der Waals surface area contributed by atoms with Crippen molar-refractivity contribution in [1.82, 2.24) is 4.90 Å². The van der Waals surface area contributed by atoms with Gasteiger partial charge in [0.1, 0.15) is 5.82 Å². The number of benzene rings is 2. The van der Waals surface area contributed by atoms with Crippen LogP contribution in [0.15, 0.2) is 60.7 Å². The second-order valence-electron chi connectivity index (χ2n) is 6.43. The number of hydrogen-bond acceptors (Lipinski definition) is 3. The number of amides is 1. The molecule has 6 heteroatoms. The van der Waals surface area contributed by atoms with Crippen LogP contribution >= 0.6 is 22.9 Å². The third-order valence-electron chi connectivity index (χ3n) is 4.69. The van der Waals surface area contributed by atoms with Crippen LogP contribution in [0, 0.1) is 5.82 Å². The molecule has 2 heterocycles. The fourth-order valence-corrected chi connectivity index (χ4v) is 4.38. The standard InChI is InChI=1S/C21H18ClFN2OS/c22-16-2-1-3-18(14-16)24-10-12-25(13-11-24)21(26)20-9-8-19(27-20)15-4-6-17(23)7-5-15/h1-9,14H,10-13H2. The van der Waals surface area contributed by atoms with Gasteiger partial charge in [0.2, 0.25) is 0 Å². The monoisotopic (exact) mass is 400 g/mol. The molecule has 2 aromatic carbocycles. The second kappa shape index (κ2) is 7.71. The number of carbonyl (C=O) groups excluding carboxylic acids is 1. The Balaban J connectivity index is 1.42. The Morgan fingerprint density at radius 3 is 2.41 bits per heavy atom. The van der Waals surface area contributed by atoms with E-state index in [1.807, 2.05) is 41.3 Å². The van der Waals surface area contributed by atoms with Gasteiger partial charge in [-0.25, -0.2) is 4.39 Å². The summed E-state index contributed by atoms with van der Waals surface area (Å²) in [6.45, 7) is 2.91. The number of halogens is 2. The number of thiophene rings is 1. The Hall–Kier alpha value is -2.37. The van der Waals surface area contributed by atoms with Gasteiger partial charge >= 0.3 is 0 Å². The van der Waals surface area contributed by atoms with E-state index < -0.39 is 0 Å². The Kier molecular flexibility index (Phi) is 5.14. The van der Waals surface area contributed by atoms with Gasteiger partial charge in [0, 0.05) is 41.8 Å². The first-order valence-electron chi connectivity index (χ1n) is 8.76. The fourth-order valence-electron chi connectivity index (χ4n) is 3.22. The average Bonchev–Trinajstić information content (AvgIpc) is 3.18. The molecule has 0 radical (unpaired) electrons. The van der Waals surface area contributed by atoms with Crippen molar-refractivity contribution in [2.45, 2.75) is 0 Å². The Bertz CT molecular complexity index is 949. The summed E-state index contributed by atoms with van der Waals surface area (Å²) in [5.74, 6) is -0.205. The highest BCUT2D eigenvalue weighted by atomic mass is 35.5. The van der Waals surface area contributed by atoms with Crippen LogP contribution in [-0.4, -0.2) is 37.0 Å². The van der Waals surface area contributed by atoms with Crippen LogP contribution in [0.25, 0.3) is 10.4 Å². The number of carbonyl (C=O) groups is 1. The number of rotatable bonds is 3. The smallest absolute Gasteiger partial charge is 0.264 e. The van der Waals surface area contributed by atoms with Crippen LogP contribution in [0.3, 0.4) is 0 Å². The van der Waals surface area contributed by atoms with Gasteiger partial charge in [-0.3, -0.25) is 4.79 Å². The first-order chi connectivity index (χ1) is 13.1. The van der Waals surface area contributed by atoms with Crippen molar-refractivity contribution < 1.29 is 9.18 Å². The number of piperazine rings is 1. The summed E-state index contributed by atoms with van der Waals surface area (Å²) in [7, 11) is 0. The Labute approximate surface area is 166 Å². The molecule has 27 heavy (non-hydrogen) atoms. The summed E-state index contributed by atoms with van der Waals surface area (Å²) in [6.07, 6.45) is 0. The number of nitrogens with zero attached hydrogens (tertiary/aromatic N) is 2. The van der Waals surface area contributed by atoms with Crippen LogP contribution in [0.2, 0.25) is 5.02 Å². The SMILES string of the molecule is O=C(c1ccc(-c2ccc(F)cc2)s1)N1CCN(c2cccc(Cl)c2)CC1. The van der Waals surface area contributed by atoms with Gasteiger partial charge in [-0.1, -0.05) is 29.8 Å². The first kappa shape index (κ1) is 18.0. The highest BCUT2D eigenvalue weighted by Gasteiger charge is 2.23. The summed E-state index contributed by atoms with van der Waals surface area (Å²) < 4.78 is 13.1. The quantitative estimate of drug-likeness (QED) is 0.605. The summed E-state index contributed by atoms with van der Waals surface area (Å²) in [5.41, 5.74) is 2.01. The number of anilines is 1. The minimum absolute atomic E-state index is 0.0547. The van der Waals surface area contributed by atoms with E-state index >= 15 is 0 Å². The molecule has 0 bridgehead atoms. The lowest BCUT2D eigenvalue weighted by molar-refractivity contribution is 0.0751. The molecule has 138 valence electrons. The van der Waals surface area contributed by atoms with Gasteiger partial charge in [-0.05, 0) is 48.0 Å². The predicted octanol–water partition coefficient (Wildman–Crippen LogP) is 5.17. The second-order valence-corrected chi connectivity index (χ2v) is 7.95. The maximum atomic E-state index is 13.1. The van der Waals surface area contributed by atoms with Gasteiger partial charge in [-0.2, -0.15) is 0 Å². The van der Waals surface area contributed by atoms with Crippen molar-refractivity contribution in [2.75, 3.05) is 31.1 Å². The van der Waals surface area contributed by atoms with E-state index in [0.29, 0.717) is 18.0 Å². The molecule has 0 unspecified atom stereocenters. The minimum Gasteiger partial charge on any atom is -0.368 e. The largest absolute Gasteiger partial charge is 0.368 e. The van der Waals surface area contributed by atoms with E-state index in [-0.39, 0.29) is 11.7 Å². The van der Waals surface area contributed by atoms with Crippen LogP contribution in [0.4, 0.5) is 10.1 Å². The van der Waals surface area contributed by atoms with Gasteiger partial charge in [0.25, 0.3) is 5.91 Å². The van der Waals surface area contributed by atoms with Crippen molar-refractivity contribution in [3.05, 3.63) is 76.4 Å². The van der Waals surface area contributed by atoms with E-state index in [1.165, 1.54) is 23.5 Å². The molecule has 1 aromatic heterocycles. The summed E-state index contributed by atoms with van der Waals surface area (Å²) in [4.78, 5) is 18.6. The Morgan fingerprint density at radius 1 is 0.963 bits per heavy atom. The van der Waals surface area contributed by atoms with Gasteiger partial charge in [0.05, 0.1) is 4.88 Å². The zero-order chi connectivity index (χ0) is 18.8.